The molecule has 3 heteroatoms. The van der Waals surface area contributed by atoms with E-state index in [1.54, 1.807) is 0 Å². The molecule has 1 fully saturated rings. The van der Waals surface area contributed by atoms with Gasteiger partial charge in [0.1, 0.15) is 12.1 Å². The Balaban J connectivity index is 2.36. The van der Waals surface area contributed by atoms with Crippen molar-refractivity contribution in [3.05, 3.63) is 34.9 Å². The molecule has 0 spiro atoms. The molecule has 2 N–H and O–H groups in total. The maximum Gasteiger partial charge on any atom is 0.323 e. The number of aryl methyl sites for hydroxylation is 1. The topological polar surface area (TPSA) is 52.3 Å². The first kappa shape index (κ1) is 13.1. The summed E-state index contributed by atoms with van der Waals surface area (Å²) in [6.07, 6.45) is 0.391. The number of hydrogen-bond acceptors (Lipinski definition) is 3. The summed E-state index contributed by atoms with van der Waals surface area (Å²) in [4.78, 5) is 11.4. The monoisotopic (exact) mass is 247 g/mol. The summed E-state index contributed by atoms with van der Waals surface area (Å²) in [5, 5.41) is 0. The second-order valence-corrected chi connectivity index (χ2v) is 6.09. The van der Waals surface area contributed by atoms with Crippen molar-refractivity contribution in [1.82, 2.24) is 0 Å². The van der Waals surface area contributed by atoms with Gasteiger partial charge in [-0.3, -0.25) is 4.79 Å². The summed E-state index contributed by atoms with van der Waals surface area (Å²) in [6, 6.07) is 5.89. The third-order valence-electron chi connectivity index (χ3n) is 3.52. The van der Waals surface area contributed by atoms with Gasteiger partial charge >= 0.3 is 5.97 Å². The molecule has 0 amide bonds. The van der Waals surface area contributed by atoms with E-state index in [4.69, 9.17) is 10.5 Å². The quantitative estimate of drug-likeness (QED) is 0.776. The molecule has 0 aromatic heterocycles. The van der Waals surface area contributed by atoms with Crippen LogP contribution in [0.5, 0.6) is 0 Å². The fourth-order valence-corrected chi connectivity index (χ4v) is 2.25. The zero-order valence-electron chi connectivity index (χ0n) is 11.5. The maximum absolute atomic E-state index is 11.4. The summed E-state index contributed by atoms with van der Waals surface area (Å²) in [5.74, 6) is -0.291. The van der Waals surface area contributed by atoms with Gasteiger partial charge in [0.15, 0.2) is 0 Å². The molecule has 3 nitrogen and oxygen atoms in total. The fourth-order valence-electron chi connectivity index (χ4n) is 2.25. The predicted octanol–water partition coefficient (Wildman–Crippen LogP) is 2.61. The van der Waals surface area contributed by atoms with Crippen molar-refractivity contribution in [1.29, 1.82) is 0 Å². The first-order valence-electron chi connectivity index (χ1n) is 6.36. The minimum absolute atomic E-state index is 0.0905. The van der Waals surface area contributed by atoms with Crippen LogP contribution in [0.25, 0.3) is 0 Å². The molecule has 0 aliphatic carbocycles. The summed E-state index contributed by atoms with van der Waals surface area (Å²) < 4.78 is 5.34. The Hall–Kier alpha value is -1.35. The number of rotatable bonds is 1. The molecule has 2 unspecified atom stereocenters. The second kappa shape index (κ2) is 4.39. The zero-order chi connectivity index (χ0) is 13.5. The highest BCUT2D eigenvalue weighted by Gasteiger charge is 2.33. The lowest BCUT2D eigenvalue weighted by atomic mass is 9.84. The van der Waals surface area contributed by atoms with Crippen LogP contribution in [-0.2, 0) is 14.9 Å². The smallest absolute Gasteiger partial charge is 0.323 e. The molecule has 0 saturated carbocycles. The predicted molar refractivity (Wildman–Crippen MR) is 71.3 cm³/mol. The molecule has 1 saturated heterocycles. The van der Waals surface area contributed by atoms with E-state index in [2.05, 4.69) is 39.0 Å². The van der Waals surface area contributed by atoms with Crippen LogP contribution < -0.4 is 5.73 Å². The Morgan fingerprint density at radius 2 is 2.00 bits per heavy atom. The molecule has 1 aliphatic rings. The Morgan fingerprint density at radius 1 is 1.33 bits per heavy atom. The molecule has 1 heterocycles. The van der Waals surface area contributed by atoms with Gasteiger partial charge in [-0.15, -0.1) is 0 Å². The van der Waals surface area contributed by atoms with Crippen molar-refractivity contribution in [3.63, 3.8) is 0 Å². The van der Waals surface area contributed by atoms with Gasteiger partial charge < -0.3 is 10.5 Å². The van der Waals surface area contributed by atoms with Gasteiger partial charge in [0.25, 0.3) is 0 Å². The molecule has 2 atom stereocenters. The largest absolute Gasteiger partial charge is 0.456 e. The van der Waals surface area contributed by atoms with Gasteiger partial charge in [-0.2, -0.15) is 0 Å². The lowest BCUT2D eigenvalue weighted by Gasteiger charge is -2.22. The van der Waals surface area contributed by atoms with E-state index in [-0.39, 0.29) is 17.5 Å². The highest BCUT2D eigenvalue weighted by molar-refractivity contribution is 5.78. The third kappa shape index (κ3) is 2.41. The van der Waals surface area contributed by atoms with Crippen LogP contribution in [0.1, 0.15) is 50.0 Å². The van der Waals surface area contributed by atoms with E-state index >= 15 is 0 Å². The first-order valence-corrected chi connectivity index (χ1v) is 6.36. The second-order valence-electron chi connectivity index (χ2n) is 6.09. The van der Waals surface area contributed by atoms with E-state index in [1.165, 1.54) is 5.56 Å². The summed E-state index contributed by atoms with van der Waals surface area (Å²) in [6.45, 7) is 8.56. The fraction of sp³-hybridized carbons (Fsp3) is 0.533. The number of carbonyl (C=O) groups excluding carboxylic acids is 1. The zero-order valence-corrected chi connectivity index (χ0v) is 11.5. The Labute approximate surface area is 108 Å². The van der Waals surface area contributed by atoms with Crippen LogP contribution in [0.4, 0.5) is 0 Å². The standard InChI is InChI=1S/C15H21NO2/c1-9-5-6-10(15(2,3)4)7-11(9)13-8-12(16)14(17)18-13/h5-7,12-13H,8,16H2,1-4H3. The summed E-state index contributed by atoms with van der Waals surface area (Å²) in [5.41, 5.74) is 9.28. The lowest BCUT2D eigenvalue weighted by Crippen LogP contribution is -2.24. The van der Waals surface area contributed by atoms with Crippen molar-refractivity contribution in [2.45, 2.75) is 51.7 Å². The number of nitrogens with two attached hydrogens (primary N) is 1. The SMILES string of the molecule is Cc1ccc(C(C)(C)C)cc1C1CC(N)C(=O)O1. The molecule has 1 aromatic carbocycles. The highest BCUT2D eigenvalue weighted by atomic mass is 16.6. The average Bonchev–Trinajstić information content (AvgIpc) is 2.58. The maximum atomic E-state index is 11.4. The normalized spacial score (nSPS) is 24.2. The van der Waals surface area contributed by atoms with Crippen LogP contribution in [-0.4, -0.2) is 12.0 Å². The molecular formula is C15H21NO2. The van der Waals surface area contributed by atoms with Gasteiger partial charge in [-0.05, 0) is 29.0 Å². The van der Waals surface area contributed by atoms with E-state index in [1.807, 2.05) is 6.92 Å². The van der Waals surface area contributed by atoms with Gasteiger partial charge in [0.2, 0.25) is 0 Å². The molecule has 98 valence electrons. The Morgan fingerprint density at radius 3 is 2.50 bits per heavy atom. The molecular weight excluding hydrogens is 226 g/mol. The average molecular weight is 247 g/mol. The van der Waals surface area contributed by atoms with Crippen LogP contribution in [0.15, 0.2) is 18.2 Å². The number of benzene rings is 1. The van der Waals surface area contributed by atoms with Crippen molar-refractivity contribution < 1.29 is 9.53 Å². The molecule has 1 aromatic rings. The first-order chi connectivity index (χ1) is 8.29. The van der Waals surface area contributed by atoms with Crippen LogP contribution in [0, 0.1) is 6.92 Å². The van der Waals surface area contributed by atoms with E-state index in [0.29, 0.717) is 6.42 Å². The third-order valence-corrected chi connectivity index (χ3v) is 3.52. The summed E-state index contributed by atoms with van der Waals surface area (Å²) in [7, 11) is 0. The van der Waals surface area contributed by atoms with Gasteiger partial charge in [0.05, 0.1) is 0 Å². The van der Waals surface area contributed by atoms with Gasteiger partial charge in [-0.1, -0.05) is 39.0 Å². The molecule has 1 aliphatic heterocycles. The number of esters is 1. The number of cyclic esters (lactones) is 1. The van der Waals surface area contributed by atoms with E-state index in [0.717, 1.165) is 11.1 Å². The van der Waals surface area contributed by atoms with Crippen molar-refractivity contribution >= 4 is 5.97 Å². The number of carbonyl (C=O) groups is 1. The van der Waals surface area contributed by atoms with Crippen molar-refractivity contribution in [2.24, 2.45) is 5.73 Å². The van der Waals surface area contributed by atoms with Crippen LogP contribution in [0.2, 0.25) is 0 Å². The summed E-state index contributed by atoms with van der Waals surface area (Å²) >= 11 is 0. The minimum atomic E-state index is -0.479. The Bertz CT molecular complexity index is 474. The number of hydrogen-bond donors (Lipinski definition) is 1. The van der Waals surface area contributed by atoms with Crippen molar-refractivity contribution in [3.8, 4) is 0 Å². The Kier molecular flexibility index (Phi) is 3.20. The van der Waals surface area contributed by atoms with E-state index < -0.39 is 6.04 Å². The van der Waals surface area contributed by atoms with Crippen molar-refractivity contribution in [2.75, 3.05) is 0 Å². The molecule has 18 heavy (non-hydrogen) atoms. The molecule has 0 bridgehead atoms. The van der Waals surface area contributed by atoms with Gasteiger partial charge in [-0.25, -0.2) is 0 Å². The van der Waals surface area contributed by atoms with E-state index in [9.17, 15) is 4.79 Å². The molecule has 2 rings (SSSR count). The molecule has 0 radical (unpaired) electrons. The number of ether oxygens (including phenoxy) is 1. The minimum Gasteiger partial charge on any atom is -0.456 e. The van der Waals surface area contributed by atoms with Crippen LogP contribution in [0.3, 0.4) is 0 Å². The lowest BCUT2D eigenvalue weighted by molar-refractivity contribution is -0.142. The van der Waals surface area contributed by atoms with Gasteiger partial charge in [0, 0.05) is 6.42 Å². The van der Waals surface area contributed by atoms with Crippen LogP contribution >= 0.6 is 0 Å². The highest BCUT2D eigenvalue weighted by Crippen LogP contribution is 2.34.